The van der Waals surface area contributed by atoms with Crippen molar-refractivity contribution in [3.05, 3.63) is 57.9 Å². The van der Waals surface area contributed by atoms with Crippen molar-refractivity contribution in [3.63, 3.8) is 0 Å². The number of carbonyl (C=O) groups excluding carboxylic acids is 1. The summed E-state index contributed by atoms with van der Waals surface area (Å²) in [7, 11) is 0. The molecule has 29 heavy (non-hydrogen) atoms. The fourth-order valence-corrected chi connectivity index (χ4v) is 3.30. The molecule has 8 heteroatoms. The van der Waals surface area contributed by atoms with Crippen LogP contribution in [0.5, 0.6) is 5.75 Å². The van der Waals surface area contributed by atoms with E-state index in [2.05, 4.69) is 31.2 Å². The fourth-order valence-electron chi connectivity index (χ4n) is 2.65. The number of benzene rings is 1. The largest absolute Gasteiger partial charge is 0.492 e. The molecular weight excluding hydrogens is 390 g/mol. The fraction of sp³-hybridized carbons (Fsp3) is 0.381. The molecule has 0 saturated heterocycles. The zero-order valence-corrected chi connectivity index (χ0v) is 17.6. The monoisotopic (exact) mass is 415 g/mol. The number of carbonyl (C=O) groups is 1. The number of amides is 1. The number of aromatic nitrogens is 2. The first-order valence-corrected chi connectivity index (χ1v) is 10.3. The predicted molar refractivity (Wildman–Crippen MR) is 112 cm³/mol. The number of nitrogens with zero attached hydrogens (tertiary/aromatic N) is 2. The zero-order valence-electron chi connectivity index (χ0n) is 16.8. The highest BCUT2D eigenvalue weighted by Crippen LogP contribution is 2.24. The molecule has 0 unspecified atom stereocenters. The van der Waals surface area contributed by atoms with Crippen molar-refractivity contribution in [2.45, 2.75) is 39.2 Å². The van der Waals surface area contributed by atoms with Crippen LogP contribution in [0.3, 0.4) is 0 Å². The molecular formula is C21H25N3O4S. The first-order valence-electron chi connectivity index (χ1n) is 9.45. The van der Waals surface area contributed by atoms with Crippen LogP contribution in [-0.4, -0.2) is 28.8 Å². The average Bonchev–Trinajstić information content (AvgIpc) is 3.33. The van der Waals surface area contributed by atoms with Gasteiger partial charge in [-0.15, -0.1) is 16.4 Å². The third-order valence-electron chi connectivity index (χ3n) is 4.30. The third kappa shape index (κ3) is 5.80. The van der Waals surface area contributed by atoms with Gasteiger partial charge in [0.1, 0.15) is 12.4 Å². The van der Waals surface area contributed by atoms with E-state index in [9.17, 15) is 9.59 Å². The SMILES string of the molecule is CC(C)(C)c1ccc(OCCNC(=O)CCn2nc(-c3cccs3)oc2=O)cc1. The topological polar surface area (TPSA) is 86.4 Å². The molecule has 154 valence electrons. The van der Waals surface area contributed by atoms with Crippen LogP contribution in [0.15, 0.2) is 51.0 Å². The Kier molecular flexibility index (Phi) is 6.53. The molecule has 2 aromatic heterocycles. The van der Waals surface area contributed by atoms with E-state index < -0.39 is 5.76 Å². The Bertz CT molecular complexity index is 982. The van der Waals surface area contributed by atoms with Crippen LogP contribution in [0.2, 0.25) is 0 Å². The molecule has 0 aliphatic carbocycles. The van der Waals surface area contributed by atoms with Gasteiger partial charge in [0, 0.05) is 6.42 Å². The minimum Gasteiger partial charge on any atom is -0.492 e. The summed E-state index contributed by atoms with van der Waals surface area (Å²) in [4.78, 5) is 24.6. The Hall–Kier alpha value is -2.87. The summed E-state index contributed by atoms with van der Waals surface area (Å²) in [5, 5.41) is 8.78. The van der Waals surface area contributed by atoms with E-state index in [0.29, 0.717) is 13.2 Å². The Balaban J connectivity index is 1.39. The molecule has 0 radical (unpaired) electrons. The molecule has 1 aromatic carbocycles. The summed E-state index contributed by atoms with van der Waals surface area (Å²) in [5.74, 6) is 0.297. The van der Waals surface area contributed by atoms with Gasteiger partial charge in [-0.1, -0.05) is 39.0 Å². The normalized spacial score (nSPS) is 11.4. The quantitative estimate of drug-likeness (QED) is 0.570. The summed E-state index contributed by atoms with van der Waals surface area (Å²) >= 11 is 1.43. The van der Waals surface area contributed by atoms with Gasteiger partial charge in [0.25, 0.3) is 5.89 Å². The van der Waals surface area contributed by atoms with Crippen LogP contribution in [0.1, 0.15) is 32.8 Å². The first kappa shape index (κ1) is 20.9. The van der Waals surface area contributed by atoms with E-state index in [0.717, 1.165) is 10.6 Å². The minimum atomic E-state index is -0.566. The molecule has 0 spiro atoms. The van der Waals surface area contributed by atoms with Gasteiger partial charge < -0.3 is 14.5 Å². The van der Waals surface area contributed by atoms with Crippen molar-refractivity contribution in [1.82, 2.24) is 15.1 Å². The highest BCUT2D eigenvalue weighted by atomic mass is 32.1. The van der Waals surface area contributed by atoms with Crippen molar-refractivity contribution in [1.29, 1.82) is 0 Å². The van der Waals surface area contributed by atoms with Crippen LogP contribution >= 0.6 is 11.3 Å². The highest BCUT2D eigenvalue weighted by Gasteiger charge is 2.13. The second kappa shape index (κ2) is 9.09. The molecule has 7 nitrogen and oxygen atoms in total. The van der Waals surface area contributed by atoms with E-state index in [4.69, 9.17) is 9.15 Å². The number of ether oxygens (including phenoxy) is 1. The maximum atomic E-state index is 12.0. The highest BCUT2D eigenvalue weighted by molar-refractivity contribution is 7.13. The lowest BCUT2D eigenvalue weighted by molar-refractivity contribution is -0.121. The molecule has 0 aliphatic heterocycles. The lowest BCUT2D eigenvalue weighted by Gasteiger charge is -2.19. The van der Waals surface area contributed by atoms with Gasteiger partial charge in [-0.05, 0) is 34.6 Å². The number of hydrogen-bond acceptors (Lipinski definition) is 6. The molecule has 3 aromatic rings. The van der Waals surface area contributed by atoms with Crippen molar-refractivity contribution in [2.75, 3.05) is 13.2 Å². The van der Waals surface area contributed by atoms with Crippen LogP contribution < -0.4 is 15.8 Å². The second-order valence-electron chi connectivity index (χ2n) is 7.60. The number of hydrogen-bond donors (Lipinski definition) is 1. The van der Waals surface area contributed by atoms with E-state index in [1.54, 1.807) is 0 Å². The molecule has 0 saturated carbocycles. The maximum Gasteiger partial charge on any atom is 0.437 e. The molecule has 3 rings (SSSR count). The van der Waals surface area contributed by atoms with Crippen molar-refractivity contribution >= 4 is 17.2 Å². The summed E-state index contributed by atoms with van der Waals surface area (Å²) in [6, 6.07) is 11.6. The standard InChI is InChI=1S/C21H25N3O4S/c1-21(2,3)15-6-8-16(9-7-15)27-13-11-22-18(25)10-12-24-20(26)28-19(23-24)17-5-4-14-29-17/h4-9,14H,10-13H2,1-3H3,(H,22,25). The Morgan fingerprint density at radius 3 is 2.66 bits per heavy atom. The molecule has 0 aliphatic rings. The van der Waals surface area contributed by atoms with Gasteiger partial charge >= 0.3 is 5.76 Å². The van der Waals surface area contributed by atoms with E-state index in [1.165, 1.54) is 21.6 Å². The average molecular weight is 416 g/mol. The lowest BCUT2D eigenvalue weighted by atomic mass is 9.87. The number of thiophene rings is 1. The summed E-state index contributed by atoms with van der Waals surface area (Å²) in [6.07, 6.45) is 0.136. The van der Waals surface area contributed by atoms with Gasteiger partial charge in [-0.2, -0.15) is 4.68 Å². The van der Waals surface area contributed by atoms with Gasteiger partial charge in [-0.25, -0.2) is 4.79 Å². The minimum absolute atomic E-state index is 0.100. The van der Waals surface area contributed by atoms with E-state index >= 15 is 0 Å². The Morgan fingerprint density at radius 1 is 1.24 bits per heavy atom. The molecule has 0 fully saturated rings. The van der Waals surface area contributed by atoms with Gasteiger partial charge in [0.15, 0.2) is 0 Å². The number of nitrogens with one attached hydrogen (secondary N) is 1. The predicted octanol–water partition coefficient (Wildman–Crippen LogP) is 3.45. The smallest absolute Gasteiger partial charge is 0.437 e. The lowest BCUT2D eigenvalue weighted by Crippen LogP contribution is -2.30. The third-order valence-corrected chi connectivity index (χ3v) is 5.16. The van der Waals surface area contributed by atoms with E-state index in [1.807, 2.05) is 41.8 Å². The molecule has 2 heterocycles. The summed E-state index contributed by atoms with van der Waals surface area (Å²) in [6.45, 7) is 7.40. The number of aryl methyl sites for hydroxylation is 1. The van der Waals surface area contributed by atoms with Gasteiger partial charge in [0.2, 0.25) is 5.91 Å². The number of rotatable bonds is 8. The molecule has 1 N–H and O–H groups in total. The van der Waals surface area contributed by atoms with Crippen molar-refractivity contribution in [3.8, 4) is 16.5 Å². The summed E-state index contributed by atoms with van der Waals surface area (Å²) in [5.41, 5.74) is 1.34. The van der Waals surface area contributed by atoms with Gasteiger partial charge in [-0.3, -0.25) is 4.79 Å². The Labute approximate surface area is 173 Å². The maximum absolute atomic E-state index is 12.0. The first-order chi connectivity index (χ1) is 13.8. The van der Waals surface area contributed by atoms with Crippen molar-refractivity contribution in [2.24, 2.45) is 0 Å². The van der Waals surface area contributed by atoms with Crippen LogP contribution in [0.25, 0.3) is 10.8 Å². The van der Waals surface area contributed by atoms with Crippen LogP contribution in [0.4, 0.5) is 0 Å². The van der Waals surface area contributed by atoms with Crippen LogP contribution in [-0.2, 0) is 16.8 Å². The Morgan fingerprint density at radius 2 is 2.00 bits per heavy atom. The van der Waals surface area contributed by atoms with E-state index in [-0.39, 0.29) is 30.2 Å². The zero-order chi connectivity index (χ0) is 20.9. The summed E-state index contributed by atoms with van der Waals surface area (Å²) < 4.78 is 11.9. The second-order valence-corrected chi connectivity index (χ2v) is 8.54. The van der Waals surface area contributed by atoms with Crippen molar-refractivity contribution < 1.29 is 13.9 Å². The molecule has 1 amide bonds. The molecule has 0 bridgehead atoms. The van der Waals surface area contributed by atoms with Gasteiger partial charge in [0.05, 0.1) is 18.0 Å². The molecule has 0 atom stereocenters. The van der Waals surface area contributed by atoms with Crippen LogP contribution in [0, 0.1) is 0 Å².